The smallest absolute Gasteiger partial charge is 0.276 e. The second-order valence-electron chi connectivity index (χ2n) is 4.79. The van der Waals surface area contributed by atoms with Crippen LogP contribution in [0.4, 0.5) is 17.3 Å². The van der Waals surface area contributed by atoms with Crippen molar-refractivity contribution in [2.24, 2.45) is 0 Å². The van der Waals surface area contributed by atoms with Crippen molar-refractivity contribution < 1.29 is 4.92 Å². The van der Waals surface area contributed by atoms with Gasteiger partial charge in [0.1, 0.15) is 11.6 Å². The van der Waals surface area contributed by atoms with Crippen molar-refractivity contribution in [2.75, 3.05) is 11.1 Å². The van der Waals surface area contributed by atoms with Crippen molar-refractivity contribution in [3.8, 4) is 0 Å². The van der Waals surface area contributed by atoms with E-state index in [0.717, 1.165) is 12.8 Å². The Hall–Kier alpha value is -1.85. The third-order valence-corrected chi connectivity index (χ3v) is 2.93. The summed E-state index contributed by atoms with van der Waals surface area (Å²) in [5.41, 5.74) is 5.52. The Morgan fingerprint density at radius 1 is 1.42 bits per heavy atom. The van der Waals surface area contributed by atoms with E-state index in [-0.39, 0.29) is 17.5 Å². The number of nitrogens with two attached hydrogens (primary N) is 1. The van der Waals surface area contributed by atoms with Crippen LogP contribution in [-0.2, 0) is 0 Å². The molecule has 0 saturated carbocycles. The summed E-state index contributed by atoms with van der Waals surface area (Å²) in [6.45, 7) is 4.22. The molecule has 0 aliphatic carbocycles. The molecule has 6 nitrogen and oxygen atoms in total. The number of nitrogen functional groups attached to an aromatic ring is 1. The summed E-state index contributed by atoms with van der Waals surface area (Å²) in [5, 5.41) is 13.9. The standard InChI is InChI=1S/C13H22N4O2/c1-3-4-5-6-7-10(2)15-13-9-11(17(18)19)8-12(14)16-13/h8-10H,3-7H2,1-2H3,(H3,14,15,16). The summed E-state index contributed by atoms with van der Waals surface area (Å²) in [4.78, 5) is 14.3. The first-order valence-electron chi connectivity index (χ1n) is 6.71. The molecule has 0 saturated heterocycles. The average Bonchev–Trinajstić information content (AvgIpc) is 2.34. The minimum atomic E-state index is -0.463. The predicted octanol–water partition coefficient (Wildman–Crippen LogP) is 3.34. The fraction of sp³-hybridized carbons (Fsp3) is 0.615. The number of hydrogen-bond donors (Lipinski definition) is 2. The lowest BCUT2D eigenvalue weighted by atomic mass is 10.1. The Kier molecular flexibility index (Phi) is 6.05. The Balaban J connectivity index is 2.53. The van der Waals surface area contributed by atoms with Gasteiger partial charge in [-0.3, -0.25) is 10.1 Å². The Morgan fingerprint density at radius 3 is 2.79 bits per heavy atom. The van der Waals surface area contributed by atoms with E-state index in [0.29, 0.717) is 5.82 Å². The quantitative estimate of drug-likeness (QED) is 0.427. The molecule has 1 heterocycles. The SMILES string of the molecule is CCCCCCC(C)Nc1cc([N+](=O)[O-])cc(N)n1. The number of nitrogens with one attached hydrogen (secondary N) is 1. The lowest BCUT2D eigenvalue weighted by Gasteiger charge is -2.14. The topological polar surface area (TPSA) is 94.1 Å². The highest BCUT2D eigenvalue weighted by Gasteiger charge is 2.11. The fourth-order valence-corrected chi connectivity index (χ4v) is 1.92. The van der Waals surface area contributed by atoms with E-state index < -0.39 is 4.92 Å². The van der Waals surface area contributed by atoms with Crippen LogP contribution in [0.2, 0.25) is 0 Å². The van der Waals surface area contributed by atoms with Crippen LogP contribution < -0.4 is 11.1 Å². The van der Waals surface area contributed by atoms with Gasteiger partial charge in [0.25, 0.3) is 5.69 Å². The van der Waals surface area contributed by atoms with Crippen LogP contribution in [0.25, 0.3) is 0 Å². The van der Waals surface area contributed by atoms with Gasteiger partial charge in [-0.1, -0.05) is 32.6 Å². The first kappa shape index (κ1) is 15.2. The Morgan fingerprint density at radius 2 is 2.16 bits per heavy atom. The zero-order valence-electron chi connectivity index (χ0n) is 11.6. The van der Waals surface area contributed by atoms with Crippen LogP contribution >= 0.6 is 0 Å². The van der Waals surface area contributed by atoms with Gasteiger partial charge < -0.3 is 11.1 Å². The van der Waals surface area contributed by atoms with E-state index in [1.54, 1.807) is 0 Å². The maximum atomic E-state index is 10.7. The van der Waals surface area contributed by atoms with Crippen LogP contribution in [0.5, 0.6) is 0 Å². The zero-order chi connectivity index (χ0) is 14.3. The molecule has 0 aliphatic heterocycles. The molecular formula is C13H22N4O2. The van der Waals surface area contributed by atoms with E-state index in [4.69, 9.17) is 5.73 Å². The summed E-state index contributed by atoms with van der Waals surface area (Å²) in [7, 11) is 0. The molecule has 1 aromatic rings. The van der Waals surface area contributed by atoms with Crippen molar-refractivity contribution in [3.05, 3.63) is 22.2 Å². The summed E-state index contributed by atoms with van der Waals surface area (Å²) >= 11 is 0. The molecule has 0 amide bonds. The van der Waals surface area contributed by atoms with Crippen LogP contribution in [0.3, 0.4) is 0 Å². The minimum Gasteiger partial charge on any atom is -0.383 e. The normalized spacial score (nSPS) is 12.1. The highest BCUT2D eigenvalue weighted by atomic mass is 16.6. The number of nitrogens with zero attached hydrogens (tertiary/aromatic N) is 2. The van der Waals surface area contributed by atoms with E-state index in [1.807, 2.05) is 6.92 Å². The molecule has 0 bridgehead atoms. The third-order valence-electron chi connectivity index (χ3n) is 2.93. The molecule has 0 aliphatic rings. The van der Waals surface area contributed by atoms with Gasteiger partial charge >= 0.3 is 0 Å². The summed E-state index contributed by atoms with van der Waals surface area (Å²) in [5.74, 6) is 0.629. The third kappa shape index (κ3) is 5.54. The highest BCUT2D eigenvalue weighted by Crippen LogP contribution is 2.20. The van der Waals surface area contributed by atoms with Gasteiger partial charge in [-0.15, -0.1) is 0 Å². The second-order valence-corrected chi connectivity index (χ2v) is 4.79. The zero-order valence-corrected chi connectivity index (χ0v) is 11.6. The molecular weight excluding hydrogens is 244 g/mol. The number of aromatic nitrogens is 1. The molecule has 1 unspecified atom stereocenters. The van der Waals surface area contributed by atoms with Crippen LogP contribution in [-0.4, -0.2) is 15.9 Å². The molecule has 0 aromatic carbocycles. The van der Waals surface area contributed by atoms with Crippen molar-refractivity contribution in [2.45, 2.75) is 52.0 Å². The summed E-state index contributed by atoms with van der Waals surface area (Å²) in [6, 6.07) is 2.90. The number of nitro groups is 1. The van der Waals surface area contributed by atoms with Crippen molar-refractivity contribution in [1.29, 1.82) is 0 Å². The van der Waals surface area contributed by atoms with Gasteiger partial charge in [0.2, 0.25) is 0 Å². The second kappa shape index (κ2) is 7.56. The maximum absolute atomic E-state index is 10.7. The van der Waals surface area contributed by atoms with E-state index in [1.165, 1.54) is 31.4 Å². The molecule has 1 atom stereocenters. The van der Waals surface area contributed by atoms with Gasteiger partial charge in [-0.25, -0.2) is 4.98 Å². The van der Waals surface area contributed by atoms with Gasteiger partial charge in [-0.2, -0.15) is 0 Å². The Bertz CT molecular complexity index is 423. The molecule has 106 valence electrons. The lowest BCUT2D eigenvalue weighted by molar-refractivity contribution is -0.384. The lowest BCUT2D eigenvalue weighted by Crippen LogP contribution is -2.16. The van der Waals surface area contributed by atoms with E-state index >= 15 is 0 Å². The molecule has 6 heteroatoms. The van der Waals surface area contributed by atoms with Gasteiger partial charge in [0.15, 0.2) is 0 Å². The van der Waals surface area contributed by atoms with Crippen molar-refractivity contribution in [1.82, 2.24) is 4.98 Å². The minimum absolute atomic E-state index is 0.0341. The average molecular weight is 266 g/mol. The first-order chi connectivity index (χ1) is 9.02. The van der Waals surface area contributed by atoms with Crippen LogP contribution in [0, 0.1) is 10.1 Å². The number of unbranched alkanes of at least 4 members (excludes halogenated alkanes) is 3. The molecule has 19 heavy (non-hydrogen) atoms. The van der Waals surface area contributed by atoms with E-state index in [9.17, 15) is 10.1 Å². The highest BCUT2D eigenvalue weighted by molar-refractivity contribution is 5.52. The molecule has 0 spiro atoms. The monoisotopic (exact) mass is 266 g/mol. The first-order valence-corrected chi connectivity index (χ1v) is 6.71. The number of rotatable bonds is 8. The van der Waals surface area contributed by atoms with Gasteiger partial charge in [0, 0.05) is 6.04 Å². The predicted molar refractivity (Wildman–Crippen MR) is 77.1 cm³/mol. The molecule has 1 aromatic heterocycles. The van der Waals surface area contributed by atoms with Crippen LogP contribution in [0.15, 0.2) is 12.1 Å². The molecule has 0 radical (unpaired) electrons. The number of hydrogen-bond acceptors (Lipinski definition) is 5. The molecule has 1 rings (SSSR count). The van der Waals surface area contributed by atoms with Crippen LogP contribution in [0.1, 0.15) is 46.0 Å². The molecule has 0 fully saturated rings. The van der Waals surface area contributed by atoms with Crippen molar-refractivity contribution >= 4 is 17.3 Å². The number of anilines is 2. The maximum Gasteiger partial charge on any atom is 0.276 e. The summed E-state index contributed by atoms with van der Waals surface area (Å²) in [6.07, 6.45) is 5.84. The fourth-order valence-electron chi connectivity index (χ4n) is 1.92. The van der Waals surface area contributed by atoms with Crippen molar-refractivity contribution in [3.63, 3.8) is 0 Å². The molecule has 3 N–H and O–H groups in total. The van der Waals surface area contributed by atoms with E-state index in [2.05, 4.69) is 17.2 Å². The van der Waals surface area contributed by atoms with Gasteiger partial charge in [0.05, 0.1) is 17.1 Å². The van der Waals surface area contributed by atoms with Gasteiger partial charge in [-0.05, 0) is 13.3 Å². The Labute approximate surface area is 113 Å². The largest absolute Gasteiger partial charge is 0.383 e. The number of pyridine rings is 1. The summed E-state index contributed by atoms with van der Waals surface area (Å²) < 4.78 is 0.